The zero-order valence-corrected chi connectivity index (χ0v) is 8.53. The van der Waals surface area contributed by atoms with Crippen molar-refractivity contribution in [1.29, 1.82) is 0 Å². The van der Waals surface area contributed by atoms with Gasteiger partial charge in [-0.05, 0) is 17.5 Å². The lowest BCUT2D eigenvalue weighted by Crippen LogP contribution is -2.06. The third-order valence-electron chi connectivity index (χ3n) is 2.27. The van der Waals surface area contributed by atoms with E-state index in [0.717, 1.165) is 5.39 Å². The maximum Gasteiger partial charge on any atom is 0.259 e. The summed E-state index contributed by atoms with van der Waals surface area (Å²) in [7, 11) is 3.11. The summed E-state index contributed by atoms with van der Waals surface area (Å²) in [5.74, 6) is 1.19. The van der Waals surface area contributed by atoms with Crippen LogP contribution < -0.4 is 15.0 Å². The van der Waals surface area contributed by atoms with Gasteiger partial charge in [0, 0.05) is 12.3 Å². The first-order valence-electron chi connectivity index (χ1n) is 4.49. The third-order valence-corrected chi connectivity index (χ3v) is 2.27. The molecule has 0 unspecified atom stereocenters. The van der Waals surface area contributed by atoms with Gasteiger partial charge >= 0.3 is 0 Å². The molecule has 0 aliphatic rings. The lowest BCUT2D eigenvalue weighted by atomic mass is 10.1. The molecule has 78 valence electrons. The molecule has 0 amide bonds. The molecule has 4 heteroatoms. The molecule has 2 rings (SSSR count). The summed E-state index contributed by atoms with van der Waals surface area (Å²) >= 11 is 0. The fourth-order valence-corrected chi connectivity index (χ4v) is 1.54. The van der Waals surface area contributed by atoms with Crippen LogP contribution in [0.4, 0.5) is 0 Å². The molecule has 4 nitrogen and oxygen atoms in total. The third kappa shape index (κ3) is 1.54. The summed E-state index contributed by atoms with van der Waals surface area (Å²) in [6, 6.07) is 5.30. The quantitative estimate of drug-likeness (QED) is 0.809. The van der Waals surface area contributed by atoms with Gasteiger partial charge in [-0.25, -0.2) is 0 Å². The van der Waals surface area contributed by atoms with Crippen molar-refractivity contribution < 1.29 is 9.47 Å². The molecule has 0 aliphatic heterocycles. The standard InChI is InChI=1S/C11H11NO3/c1-14-8-5-7-3-4-12-11(13)10(7)9(6-8)15-2/h3-6H,1-2H3,(H,12,13). The lowest BCUT2D eigenvalue weighted by Gasteiger charge is -2.07. The Kier molecular flexibility index (Phi) is 2.33. The molecule has 0 aliphatic carbocycles. The van der Waals surface area contributed by atoms with Gasteiger partial charge in [-0.3, -0.25) is 4.79 Å². The molecule has 0 spiro atoms. The molecule has 0 fully saturated rings. The van der Waals surface area contributed by atoms with E-state index in [2.05, 4.69) is 4.98 Å². The van der Waals surface area contributed by atoms with Crippen LogP contribution in [0.5, 0.6) is 11.5 Å². The SMILES string of the molecule is COc1cc(OC)c2c(=O)[nH]ccc2c1. The monoisotopic (exact) mass is 205 g/mol. The Morgan fingerprint density at radius 3 is 2.67 bits per heavy atom. The summed E-state index contributed by atoms with van der Waals surface area (Å²) in [6.07, 6.45) is 1.60. The molecular formula is C11H11NO3. The van der Waals surface area contributed by atoms with Crippen molar-refractivity contribution >= 4 is 10.8 Å². The number of ether oxygens (including phenoxy) is 2. The van der Waals surface area contributed by atoms with Gasteiger partial charge in [-0.2, -0.15) is 0 Å². The van der Waals surface area contributed by atoms with Crippen LogP contribution in [0.2, 0.25) is 0 Å². The van der Waals surface area contributed by atoms with Gasteiger partial charge < -0.3 is 14.5 Å². The van der Waals surface area contributed by atoms with E-state index in [4.69, 9.17) is 9.47 Å². The van der Waals surface area contributed by atoms with Crippen LogP contribution in [-0.2, 0) is 0 Å². The number of hydrogen-bond donors (Lipinski definition) is 1. The maximum absolute atomic E-state index is 11.6. The topological polar surface area (TPSA) is 51.3 Å². The second-order valence-electron chi connectivity index (χ2n) is 3.10. The highest BCUT2D eigenvalue weighted by Crippen LogP contribution is 2.27. The number of H-pyrrole nitrogens is 1. The number of aromatic amines is 1. The van der Waals surface area contributed by atoms with Gasteiger partial charge in [0.1, 0.15) is 11.5 Å². The molecule has 1 aromatic heterocycles. The van der Waals surface area contributed by atoms with Gasteiger partial charge in [0.05, 0.1) is 19.6 Å². The average Bonchev–Trinajstić information content (AvgIpc) is 2.27. The molecule has 0 atom stereocenters. The van der Waals surface area contributed by atoms with E-state index in [9.17, 15) is 4.79 Å². The maximum atomic E-state index is 11.6. The highest BCUT2D eigenvalue weighted by molar-refractivity contribution is 5.88. The van der Waals surface area contributed by atoms with Crippen LogP contribution in [-0.4, -0.2) is 19.2 Å². The molecule has 1 aromatic carbocycles. The zero-order chi connectivity index (χ0) is 10.8. The Bertz CT molecular complexity index is 545. The zero-order valence-electron chi connectivity index (χ0n) is 8.53. The number of methoxy groups -OCH3 is 2. The van der Waals surface area contributed by atoms with E-state index in [1.54, 1.807) is 25.4 Å². The minimum atomic E-state index is -0.160. The number of hydrogen-bond acceptors (Lipinski definition) is 3. The predicted octanol–water partition coefficient (Wildman–Crippen LogP) is 1.55. The van der Waals surface area contributed by atoms with Crippen LogP contribution >= 0.6 is 0 Å². The van der Waals surface area contributed by atoms with Gasteiger partial charge in [0.15, 0.2) is 0 Å². The normalized spacial score (nSPS) is 10.3. The highest BCUT2D eigenvalue weighted by Gasteiger charge is 2.07. The molecule has 0 bridgehead atoms. The van der Waals surface area contributed by atoms with Crippen molar-refractivity contribution in [1.82, 2.24) is 4.98 Å². The minimum Gasteiger partial charge on any atom is -0.497 e. The van der Waals surface area contributed by atoms with Crippen molar-refractivity contribution in [2.24, 2.45) is 0 Å². The molecule has 15 heavy (non-hydrogen) atoms. The second-order valence-corrected chi connectivity index (χ2v) is 3.10. The second kappa shape index (κ2) is 3.65. The van der Waals surface area contributed by atoms with Crippen LogP contribution in [0.1, 0.15) is 0 Å². The predicted molar refractivity (Wildman–Crippen MR) is 57.7 cm³/mol. The summed E-state index contributed by atoms with van der Waals surface area (Å²) in [5, 5.41) is 1.34. The van der Waals surface area contributed by atoms with Gasteiger partial charge in [-0.15, -0.1) is 0 Å². The minimum absolute atomic E-state index is 0.160. The number of pyridine rings is 1. The van der Waals surface area contributed by atoms with Crippen molar-refractivity contribution in [3.05, 3.63) is 34.7 Å². The Labute approximate surface area is 86.5 Å². The molecular weight excluding hydrogens is 194 g/mol. The van der Waals surface area contributed by atoms with E-state index >= 15 is 0 Å². The lowest BCUT2D eigenvalue weighted by molar-refractivity contribution is 0.398. The largest absolute Gasteiger partial charge is 0.497 e. The smallest absolute Gasteiger partial charge is 0.259 e. The van der Waals surface area contributed by atoms with Gasteiger partial charge in [-0.1, -0.05) is 0 Å². The number of aromatic nitrogens is 1. The van der Waals surface area contributed by atoms with Crippen molar-refractivity contribution in [3.63, 3.8) is 0 Å². The first-order chi connectivity index (χ1) is 7.26. The van der Waals surface area contributed by atoms with Crippen LogP contribution in [0.3, 0.4) is 0 Å². The van der Waals surface area contributed by atoms with E-state index < -0.39 is 0 Å². The first kappa shape index (κ1) is 9.58. The van der Waals surface area contributed by atoms with E-state index in [1.807, 2.05) is 6.07 Å². The Balaban J connectivity index is 2.87. The van der Waals surface area contributed by atoms with E-state index in [-0.39, 0.29) is 5.56 Å². The van der Waals surface area contributed by atoms with Crippen molar-refractivity contribution in [3.8, 4) is 11.5 Å². The van der Waals surface area contributed by atoms with Crippen molar-refractivity contribution in [2.45, 2.75) is 0 Å². The number of benzene rings is 1. The first-order valence-corrected chi connectivity index (χ1v) is 4.49. The Morgan fingerprint density at radius 2 is 2.00 bits per heavy atom. The van der Waals surface area contributed by atoms with Crippen LogP contribution in [0, 0.1) is 0 Å². The van der Waals surface area contributed by atoms with Gasteiger partial charge in [0.2, 0.25) is 0 Å². The number of nitrogens with one attached hydrogen (secondary N) is 1. The van der Waals surface area contributed by atoms with Crippen LogP contribution in [0.15, 0.2) is 29.2 Å². The molecule has 1 N–H and O–H groups in total. The molecule has 0 saturated carbocycles. The Morgan fingerprint density at radius 1 is 1.20 bits per heavy atom. The summed E-state index contributed by atoms with van der Waals surface area (Å²) < 4.78 is 10.3. The van der Waals surface area contributed by atoms with E-state index in [1.165, 1.54) is 7.11 Å². The number of rotatable bonds is 2. The molecule has 1 heterocycles. The number of fused-ring (bicyclic) bond motifs is 1. The summed E-state index contributed by atoms with van der Waals surface area (Å²) in [5.41, 5.74) is -0.160. The molecule has 0 radical (unpaired) electrons. The fraction of sp³-hybridized carbons (Fsp3) is 0.182. The van der Waals surface area contributed by atoms with Crippen LogP contribution in [0.25, 0.3) is 10.8 Å². The summed E-state index contributed by atoms with van der Waals surface area (Å²) in [4.78, 5) is 14.2. The summed E-state index contributed by atoms with van der Waals surface area (Å²) in [6.45, 7) is 0. The van der Waals surface area contributed by atoms with E-state index in [0.29, 0.717) is 16.9 Å². The highest BCUT2D eigenvalue weighted by atomic mass is 16.5. The molecule has 2 aromatic rings. The fourth-order valence-electron chi connectivity index (χ4n) is 1.54. The Hall–Kier alpha value is -1.97. The van der Waals surface area contributed by atoms with Gasteiger partial charge in [0.25, 0.3) is 5.56 Å². The molecule has 0 saturated heterocycles. The average molecular weight is 205 g/mol. The van der Waals surface area contributed by atoms with Crippen molar-refractivity contribution in [2.75, 3.05) is 14.2 Å².